The topological polar surface area (TPSA) is 95.1 Å². The van der Waals surface area contributed by atoms with Gasteiger partial charge in [-0.3, -0.25) is 10.1 Å². The van der Waals surface area contributed by atoms with Gasteiger partial charge in [0.2, 0.25) is 0 Å². The summed E-state index contributed by atoms with van der Waals surface area (Å²) in [5.41, 5.74) is -0.285. The zero-order valence-electron chi connectivity index (χ0n) is 9.82. The van der Waals surface area contributed by atoms with Gasteiger partial charge in [-0.25, -0.2) is 0 Å². The average molecular weight is 322 g/mol. The van der Waals surface area contributed by atoms with Crippen LogP contribution in [0, 0.1) is 24.0 Å². The van der Waals surface area contributed by atoms with E-state index in [1.54, 1.807) is 0 Å². The van der Waals surface area contributed by atoms with Gasteiger partial charge in [0.05, 0.1) is 9.26 Å². The van der Waals surface area contributed by atoms with Crippen molar-refractivity contribution in [2.24, 2.45) is 0 Å². The molecule has 0 saturated heterocycles. The molecule has 0 aliphatic carbocycles. The normalized spacial score (nSPS) is 11.7. The molecule has 19 heavy (non-hydrogen) atoms. The molecule has 0 aromatic carbocycles. The van der Waals surface area contributed by atoms with Crippen LogP contribution in [0.3, 0.4) is 0 Å². The summed E-state index contributed by atoms with van der Waals surface area (Å²) in [6, 6.07) is 2.78. The molecule has 0 spiro atoms. The third-order valence-electron chi connectivity index (χ3n) is 2.43. The quantitative estimate of drug-likeness (QED) is 0.638. The van der Waals surface area contributed by atoms with Crippen molar-refractivity contribution in [1.29, 1.82) is 0 Å². The first-order valence-electron chi connectivity index (χ1n) is 4.96. The molecule has 2 heterocycles. The Balaban J connectivity index is 2.66. The number of halogens is 1. The maximum Gasteiger partial charge on any atom is 0.314 e. The molecule has 2 aromatic rings. The lowest BCUT2D eigenvalue weighted by Crippen LogP contribution is -2.15. The monoisotopic (exact) mass is 321 g/mol. The van der Waals surface area contributed by atoms with Gasteiger partial charge in [-0.15, -0.1) is 11.3 Å². The summed E-state index contributed by atoms with van der Waals surface area (Å²) in [6.45, 7) is 2.73. The van der Waals surface area contributed by atoms with Crippen LogP contribution >= 0.6 is 22.9 Å². The molecule has 0 radical (unpaired) electrons. The molecule has 2 aromatic heterocycles. The van der Waals surface area contributed by atoms with Crippen molar-refractivity contribution in [1.82, 2.24) is 9.19 Å². The molecule has 0 unspecified atom stereocenters. The molecular formula is C9H8ClN3O4S2. The first kappa shape index (κ1) is 14.0. The molecule has 0 atom stereocenters. The highest BCUT2D eigenvalue weighted by atomic mass is 35.5. The third kappa shape index (κ3) is 2.24. The van der Waals surface area contributed by atoms with E-state index in [0.29, 0.717) is 8.42 Å². The van der Waals surface area contributed by atoms with E-state index in [1.807, 2.05) is 0 Å². The Hall–Kier alpha value is -1.45. The minimum atomic E-state index is -3.95. The van der Waals surface area contributed by atoms with E-state index in [0.717, 1.165) is 11.3 Å². The Kier molecular flexibility index (Phi) is 3.37. The van der Waals surface area contributed by atoms with E-state index < -0.39 is 14.9 Å². The molecule has 0 aliphatic heterocycles. The molecule has 0 aliphatic rings. The molecule has 0 saturated carbocycles. The van der Waals surface area contributed by atoms with Crippen molar-refractivity contribution in [3.8, 4) is 0 Å². The first-order valence-corrected chi connectivity index (χ1v) is 7.60. The molecule has 0 bridgehead atoms. The fraction of sp³-hybridized carbons (Fsp3) is 0.222. The van der Waals surface area contributed by atoms with Crippen LogP contribution in [0.4, 0.5) is 5.69 Å². The summed E-state index contributed by atoms with van der Waals surface area (Å²) in [6.07, 6.45) is 0. The SMILES string of the molecule is Cc1nn(S(=O)(=O)c2ccc(Cl)s2)c(C)c1[N+](=O)[O-]. The van der Waals surface area contributed by atoms with E-state index in [-0.39, 0.29) is 21.3 Å². The van der Waals surface area contributed by atoms with Gasteiger partial charge in [0.15, 0.2) is 0 Å². The maximum atomic E-state index is 12.3. The molecule has 0 fully saturated rings. The fourth-order valence-electron chi connectivity index (χ4n) is 1.63. The van der Waals surface area contributed by atoms with Crippen LogP contribution in [0.2, 0.25) is 4.34 Å². The summed E-state index contributed by atoms with van der Waals surface area (Å²) >= 11 is 6.57. The number of aryl methyl sites for hydroxylation is 1. The van der Waals surface area contributed by atoms with Crippen molar-refractivity contribution in [3.05, 3.63) is 38.0 Å². The van der Waals surface area contributed by atoms with Crippen LogP contribution in [0.15, 0.2) is 16.3 Å². The van der Waals surface area contributed by atoms with Gasteiger partial charge in [0.1, 0.15) is 15.6 Å². The fourth-order valence-corrected chi connectivity index (χ4v) is 4.53. The maximum absolute atomic E-state index is 12.3. The van der Waals surface area contributed by atoms with E-state index in [9.17, 15) is 18.5 Å². The van der Waals surface area contributed by atoms with Crippen molar-refractivity contribution >= 4 is 38.6 Å². The summed E-state index contributed by atoms with van der Waals surface area (Å²) in [5, 5.41) is 14.6. The molecule has 0 N–H and O–H groups in total. The van der Waals surface area contributed by atoms with Crippen LogP contribution in [-0.4, -0.2) is 22.5 Å². The Morgan fingerprint density at radius 3 is 2.47 bits per heavy atom. The molecular weight excluding hydrogens is 314 g/mol. The second kappa shape index (κ2) is 4.58. The predicted molar refractivity (Wildman–Crippen MR) is 70.3 cm³/mol. The van der Waals surface area contributed by atoms with Crippen LogP contribution in [-0.2, 0) is 10.0 Å². The zero-order chi connectivity index (χ0) is 14.4. The van der Waals surface area contributed by atoms with Gasteiger partial charge in [0.25, 0.3) is 10.0 Å². The standard InChI is InChI=1S/C9H8ClN3O4S2/c1-5-9(13(14)15)6(2)12(11-5)19(16,17)8-4-3-7(10)18-8/h3-4H,1-2H3. The second-order valence-electron chi connectivity index (χ2n) is 3.68. The lowest BCUT2D eigenvalue weighted by Gasteiger charge is -2.02. The van der Waals surface area contributed by atoms with Crippen molar-refractivity contribution in [2.45, 2.75) is 18.1 Å². The van der Waals surface area contributed by atoms with Crippen molar-refractivity contribution in [2.75, 3.05) is 0 Å². The van der Waals surface area contributed by atoms with E-state index >= 15 is 0 Å². The van der Waals surface area contributed by atoms with Crippen LogP contribution in [0.25, 0.3) is 0 Å². The van der Waals surface area contributed by atoms with E-state index in [1.165, 1.54) is 26.0 Å². The predicted octanol–water partition coefficient (Wildman–Crippen LogP) is 2.36. The number of nitrogens with zero attached hydrogens (tertiary/aromatic N) is 3. The number of nitro groups is 1. The third-order valence-corrected chi connectivity index (χ3v) is 5.79. The highest BCUT2D eigenvalue weighted by Gasteiger charge is 2.30. The lowest BCUT2D eigenvalue weighted by atomic mass is 10.3. The first-order chi connectivity index (χ1) is 8.75. The van der Waals surface area contributed by atoms with Crippen molar-refractivity contribution < 1.29 is 13.3 Å². The summed E-state index contributed by atoms with van der Waals surface area (Å²) in [4.78, 5) is 10.2. The van der Waals surface area contributed by atoms with Crippen LogP contribution < -0.4 is 0 Å². The number of hydrogen-bond donors (Lipinski definition) is 0. The van der Waals surface area contributed by atoms with E-state index in [4.69, 9.17) is 11.6 Å². The van der Waals surface area contributed by atoms with Crippen LogP contribution in [0.1, 0.15) is 11.4 Å². The number of aromatic nitrogens is 2. The minimum absolute atomic E-state index is 0.0157. The largest absolute Gasteiger partial charge is 0.314 e. The van der Waals surface area contributed by atoms with Gasteiger partial charge in [-0.2, -0.15) is 17.6 Å². The van der Waals surface area contributed by atoms with Crippen LogP contribution in [0.5, 0.6) is 0 Å². The number of hydrogen-bond acceptors (Lipinski definition) is 6. The number of rotatable bonds is 3. The Morgan fingerprint density at radius 1 is 1.42 bits per heavy atom. The van der Waals surface area contributed by atoms with Gasteiger partial charge < -0.3 is 0 Å². The molecule has 102 valence electrons. The summed E-state index contributed by atoms with van der Waals surface area (Å²) in [7, 11) is -3.95. The molecule has 10 heteroatoms. The highest BCUT2D eigenvalue weighted by Crippen LogP contribution is 2.30. The Labute approximate surface area is 117 Å². The average Bonchev–Trinajstić information content (AvgIpc) is 2.83. The molecule has 2 rings (SSSR count). The van der Waals surface area contributed by atoms with Gasteiger partial charge in [0, 0.05) is 0 Å². The summed E-state index contributed by atoms with van der Waals surface area (Å²) < 4.78 is 25.5. The van der Waals surface area contributed by atoms with Gasteiger partial charge >= 0.3 is 5.69 Å². The van der Waals surface area contributed by atoms with E-state index in [2.05, 4.69) is 5.10 Å². The Bertz CT molecular complexity index is 763. The number of thiophene rings is 1. The summed E-state index contributed by atoms with van der Waals surface area (Å²) in [5.74, 6) is 0. The second-order valence-corrected chi connectivity index (χ2v) is 7.39. The molecule has 0 amide bonds. The highest BCUT2D eigenvalue weighted by molar-refractivity contribution is 7.92. The zero-order valence-corrected chi connectivity index (χ0v) is 12.2. The molecule has 7 nitrogen and oxygen atoms in total. The lowest BCUT2D eigenvalue weighted by molar-refractivity contribution is -0.386. The minimum Gasteiger partial charge on any atom is -0.258 e. The van der Waals surface area contributed by atoms with Gasteiger partial charge in [-0.05, 0) is 26.0 Å². The Morgan fingerprint density at radius 2 is 2.05 bits per heavy atom. The van der Waals surface area contributed by atoms with Crippen molar-refractivity contribution in [3.63, 3.8) is 0 Å². The smallest absolute Gasteiger partial charge is 0.258 e. The van der Waals surface area contributed by atoms with Gasteiger partial charge in [-0.1, -0.05) is 11.6 Å².